The minimum absolute atomic E-state index is 0.0332. The monoisotopic (exact) mass is 912 g/mol. The Balaban J connectivity index is 1.90. The zero-order chi connectivity index (χ0) is 46.1. The molecule has 0 radical (unpaired) electrons. The Kier molecular flexibility index (Phi) is 38.4. The molecule has 11 heteroatoms. The molecule has 2 fully saturated rings. The van der Waals surface area contributed by atoms with E-state index in [-0.39, 0.29) is 38.0 Å². The largest absolute Gasteiger partial charge is 0.463 e. The number of carbonyl (C=O) groups is 2. The second-order valence-electron chi connectivity index (χ2n) is 18.8. The van der Waals surface area contributed by atoms with Gasteiger partial charge in [0.1, 0.15) is 25.4 Å². The maximum atomic E-state index is 13.2. The highest BCUT2D eigenvalue weighted by atomic mass is 16.7. The highest BCUT2D eigenvalue weighted by Crippen LogP contribution is 2.27. The summed E-state index contributed by atoms with van der Waals surface area (Å²) in [6, 6.07) is 0.594. The number of unbranched alkanes of at least 4 members (excludes halogenated alkanes) is 20. The van der Waals surface area contributed by atoms with E-state index in [1.54, 1.807) is 0 Å². The van der Waals surface area contributed by atoms with Gasteiger partial charge in [0.2, 0.25) is 0 Å². The van der Waals surface area contributed by atoms with Crippen molar-refractivity contribution in [1.29, 1.82) is 0 Å². The summed E-state index contributed by atoms with van der Waals surface area (Å²) in [5.74, 6) is -0.646. The molecule has 0 bridgehead atoms. The Labute approximate surface area is 393 Å². The third kappa shape index (κ3) is 31.6. The summed E-state index contributed by atoms with van der Waals surface area (Å²) in [5, 5.41) is 0. The first kappa shape index (κ1) is 58.8. The highest BCUT2D eigenvalue weighted by molar-refractivity contribution is 5.69. The van der Waals surface area contributed by atoms with Crippen molar-refractivity contribution in [3.05, 3.63) is 0 Å². The van der Waals surface area contributed by atoms with Crippen LogP contribution in [0.2, 0.25) is 0 Å². The molecule has 2 heterocycles. The first-order valence-corrected chi connectivity index (χ1v) is 27.2. The summed E-state index contributed by atoms with van der Waals surface area (Å²) in [6.07, 6.45) is 32.7. The zero-order valence-electron chi connectivity index (χ0n) is 42.3. The van der Waals surface area contributed by atoms with Crippen LogP contribution in [0.4, 0.5) is 0 Å². The van der Waals surface area contributed by atoms with Crippen LogP contribution in [0.5, 0.6) is 0 Å². The van der Waals surface area contributed by atoms with Gasteiger partial charge in [-0.2, -0.15) is 0 Å². The van der Waals surface area contributed by atoms with Crippen molar-refractivity contribution in [1.82, 2.24) is 4.90 Å². The molecule has 3 atom stereocenters. The molecule has 0 aromatic heterocycles. The van der Waals surface area contributed by atoms with E-state index >= 15 is 0 Å². The Hall–Kier alpha value is -1.34. The zero-order valence-corrected chi connectivity index (χ0v) is 42.3. The number of rotatable bonds is 46. The Bertz CT molecular complexity index is 962. The molecular weight excluding hydrogens is 811 g/mol. The Morgan fingerprint density at radius 2 is 0.859 bits per heavy atom. The quantitative estimate of drug-likeness (QED) is 0.0331. The van der Waals surface area contributed by atoms with Gasteiger partial charge in [-0.1, -0.05) is 156 Å². The number of ether oxygens (including phenoxy) is 8. The van der Waals surface area contributed by atoms with E-state index in [9.17, 15) is 9.59 Å². The van der Waals surface area contributed by atoms with Gasteiger partial charge in [-0.25, -0.2) is 0 Å². The molecule has 0 saturated carbocycles. The van der Waals surface area contributed by atoms with Gasteiger partial charge < -0.3 is 42.8 Å². The van der Waals surface area contributed by atoms with Gasteiger partial charge in [-0.05, 0) is 71.4 Å². The van der Waals surface area contributed by atoms with Crippen LogP contribution >= 0.6 is 0 Å². The molecule has 0 spiro atoms. The van der Waals surface area contributed by atoms with Crippen molar-refractivity contribution in [2.24, 2.45) is 0 Å². The molecule has 2 aliphatic heterocycles. The number of esters is 2. The summed E-state index contributed by atoms with van der Waals surface area (Å²) >= 11 is 0. The number of likely N-dealkylation sites (tertiary alicyclic amines) is 1. The van der Waals surface area contributed by atoms with Gasteiger partial charge in [0.05, 0.1) is 12.8 Å². The van der Waals surface area contributed by atoms with Crippen LogP contribution < -0.4 is 0 Å². The maximum absolute atomic E-state index is 13.2. The Morgan fingerprint density at radius 1 is 0.500 bits per heavy atom. The second kappa shape index (κ2) is 41.8. The molecule has 2 saturated heterocycles. The summed E-state index contributed by atoms with van der Waals surface area (Å²) in [4.78, 5) is 28.8. The number of carbonyl (C=O) groups excluding carboxylic acids is 2. The molecule has 2 rings (SSSR count). The van der Waals surface area contributed by atoms with Crippen molar-refractivity contribution in [2.45, 2.75) is 277 Å². The van der Waals surface area contributed by atoms with E-state index in [1.807, 2.05) is 0 Å². The van der Waals surface area contributed by atoms with Crippen molar-refractivity contribution in [3.63, 3.8) is 0 Å². The van der Waals surface area contributed by atoms with E-state index in [0.717, 1.165) is 77.2 Å². The first-order chi connectivity index (χ1) is 31.4. The fraction of sp³-hybridized carbons (Fsp3) is 0.962. The summed E-state index contributed by atoms with van der Waals surface area (Å²) in [5.41, 5.74) is 0. The van der Waals surface area contributed by atoms with Crippen LogP contribution in [-0.4, -0.2) is 107 Å². The van der Waals surface area contributed by atoms with Crippen molar-refractivity contribution in [3.8, 4) is 0 Å². The van der Waals surface area contributed by atoms with Crippen molar-refractivity contribution in [2.75, 3.05) is 53.2 Å². The average Bonchev–Trinajstić information content (AvgIpc) is 3.90. The first-order valence-electron chi connectivity index (χ1n) is 27.2. The number of nitrogens with zero attached hydrogens (tertiary/aromatic N) is 1. The fourth-order valence-electron chi connectivity index (χ4n) is 8.67. The summed E-state index contributed by atoms with van der Waals surface area (Å²) < 4.78 is 49.0. The second-order valence-corrected chi connectivity index (χ2v) is 18.8. The number of hydrogen-bond donors (Lipinski definition) is 0. The van der Waals surface area contributed by atoms with Crippen molar-refractivity contribution >= 4 is 11.9 Å². The third-order valence-corrected chi connectivity index (χ3v) is 12.9. The number of hydrogen-bond acceptors (Lipinski definition) is 11. The van der Waals surface area contributed by atoms with Crippen LogP contribution in [0.1, 0.15) is 240 Å². The standard InChI is InChI=1S/C53H101NO10/c1-6-10-14-18-22-26-40-57-51(58-41-27-23-19-15-11-7-2)37-35-49(55)61-44-47-48(64-53(63-47)34-30-32-46-33-31-39-54(46)5)45-62-50(56)36-38-52(59-42-28-24-20-16-12-8-3)60-43-29-25-21-17-13-9-4/h46-48,51-53H,6-45H2,1-5H3. The molecule has 3 unspecified atom stereocenters. The molecule has 0 N–H and O–H groups in total. The highest BCUT2D eigenvalue weighted by Gasteiger charge is 2.38. The predicted octanol–water partition coefficient (Wildman–Crippen LogP) is 13.2. The molecule has 0 aromatic rings. The predicted molar refractivity (Wildman–Crippen MR) is 258 cm³/mol. The van der Waals surface area contributed by atoms with Gasteiger partial charge in [-0.15, -0.1) is 0 Å². The van der Waals surface area contributed by atoms with Gasteiger partial charge in [0, 0.05) is 45.3 Å². The van der Waals surface area contributed by atoms with E-state index in [0.29, 0.717) is 45.3 Å². The molecule has 0 aliphatic carbocycles. The SMILES string of the molecule is CCCCCCCCOC(CCC(=O)OCC1OC(CCCC2CCCN2C)OC1COC(=O)CCC(OCCCCCCCC)OCCCCCCCC)OCCCCCCCC. The topological polar surface area (TPSA) is 111 Å². The minimum atomic E-state index is -0.534. The van der Waals surface area contributed by atoms with E-state index in [4.69, 9.17) is 37.9 Å². The average molecular weight is 912 g/mol. The summed E-state index contributed by atoms with van der Waals surface area (Å²) in [7, 11) is 2.20. The van der Waals surface area contributed by atoms with Crippen LogP contribution in [0, 0.1) is 0 Å². The van der Waals surface area contributed by atoms with E-state index in [2.05, 4.69) is 39.6 Å². The molecular formula is C53H101NO10. The Morgan fingerprint density at radius 3 is 1.20 bits per heavy atom. The molecule has 0 aromatic carbocycles. The molecule has 64 heavy (non-hydrogen) atoms. The summed E-state index contributed by atoms with van der Waals surface area (Å²) in [6.45, 7) is 12.7. The third-order valence-electron chi connectivity index (χ3n) is 12.9. The molecule has 378 valence electrons. The normalized spacial score (nSPS) is 19.1. The lowest BCUT2D eigenvalue weighted by Gasteiger charge is -2.20. The molecule has 11 nitrogen and oxygen atoms in total. The van der Waals surface area contributed by atoms with Gasteiger partial charge in [0.25, 0.3) is 0 Å². The maximum Gasteiger partial charge on any atom is 0.306 e. The van der Waals surface area contributed by atoms with E-state index in [1.165, 1.54) is 116 Å². The fourth-order valence-corrected chi connectivity index (χ4v) is 8.67. The van der Waals surface area contributed by atoms with Crippen LogP contribution in [0.15, 0.2) is 0 Å². The van der Waals surface area contributed by atoms with E-state index < -0.39 is 31.1 Å². The van der Waals surface area contributed by atoms with Crippen LogP contribution in [0.25, 0.3) is 0 Å². The van der Waals surface area contributed by atoms with Gasteiger partial charge in [0.15, 0.2) is 18.9 Å². The van der Waals surface area contributed by atoms with Crippen molar-refractivity contribution < 1.29 is 47.5 Å². The van der Waals surface area contributed by atoms with Gasteiger partial charge >= 0.3 is 11.9 Å². The lowest BCUT2D eigenvalue weighted by atomic mass is 10.1. The molecule has 0 amide bonds. The minimum Gasteiger partial charge on any atom is -0.463 e. The van der Waals surface area contributed by atoms with Crippen LogP contribution in [0.3, 0.4) is 0 Å². The molecule has 2 aliphatic rings. The smallest absolute Gasteiger partial charge is 0.306 e. The lowest BCUT2D eigenvalue weighted by molar-refractivity contribution is -0.163. The lowest BCUT2D eigenvalue weighted by Crippen LogP contribution is -2.33. The van der Waals surface area contributed by atoms with Crippen LogP contribution in [-0.2, 0) is 47.5 Å². The van der Waals surface area contributed by atoms with Gasteiger partial charge in [-0.3, -0.25) is 9.59 Å².